The molecule has 0 amide bonds. The van der Waals surface area contributed by atoms with Gasteiger partial charge in [0.1, 0.15) is 4.83 Å². The minimum absolute atomic E-state index is 0.308. The van der Waals surface area contributed by atoms with Crippen molar-refractivity contribution in [3.8, 4) is 0 Å². The standard InChI is InChI=1S/C9H17BrO4/c1-3-4-13-5-6-14-7-8(10)9(11)12-2/h8H,3-7H2,1-2H3. The van der Waals surface area contributed by atoms with Gasteiger partial charge in [-0.15, -0.1) is 0 Å². The Bertz CT molecular complexity index is 152. The topological polar surface area (TPSA) is 44.8 Å². The summed E-state index contributed by atoms with van der Waals surface area (Å²) in [6.07, 6.45) is 1.00. The Morgan fingerprint density at radius 3 is 2.50 bits per heavy atom. The lowest BCUT2D eigenvalue weighted by Crippen LogP contribution is -2.22. The normalized spacial score (nSPS) is 12.5. The zero-order valence-electron chi connectivity index (χ0n) is 8.62. The summed E-state index contributed by atoms with van der Waals surface area (Å²) in [4.78, 5) is 10.5. The summed E-state index contributed by atoms with van der Waals surface area (Å²) in [6.45, 7) is 4.17. The van der Waals surface area contributed by atoms with Crippen molar-refractivity contribution in [2.45, 2.75) is 18.2 Å². The number of esters is 1. The summed E-state index contributed by atoms with van der Waals surface area (Å²) in [5.41, 5.74) is 0. The quantitative estimate of drug-likeness (QED) is 0.379. The van der Waals surface area contributed by atoms with E-state index in [-0.39, 0.29) is 5.97 Å². The van der Waals surface area contributed by atoms with E-state index in [9.17, 15) is 4.79 Å². The molecule has 0 aromatic rings. The molecule has 0 aromatic heterocycles. The maximum absolute atomic E-state index is 10.9. The van der Waals surface area contributed by atoms with E-state index in [0.29, 0.717) is 19.8 Å². The molecular weight excluding hydrogens is 252 g/mol. The van der Waals surface area contributed by atoms with Gasteiger partial charge in [-0.2, -0.15) is 0 Å². The van der Waals surface area contributed by atoms with Gasteiger partial charge in [-0.25, -0.2) is 0 Å². The Kier molecular flexibility index (Phi) is 9.34. The highest BCUT2D eigenvalue weighted by Crippen LogP contribution is 2.02. The first-order valence-corrected chi connectivity index (χ1v) is 5.51. The second-order valence-corrected chi connectivity index (χ2v) is 3.78. The number of carbonyl (C=O) groups excluding carboxylic acids is 1. The van der Waals surface area contributed by atoms with Gasteiger partial charge in [0, 0.05) is 6.61 Å². The predicted molar refractivity (Wildman–Crippen MR) is 56.7 cm³/mol. The van der Waals surface area contributed by atoms with E-state index < -0.39 is 4.83 Å². The second-order valence-electron chi connectivity index (χ2n) is 2.68. The van der Waals surface area contributed by atoms with Gasteiger partial charge in [0.15, 0.2) is 0 Å². The van der Waals surface area contributed by atoms with Crippen LogP contribution >= 0.6 is 15.9 Å². The lowest BCUT2D eigenvalue weighted by Gasteiger charge is -2.08. The molecular formula is C9H17BrO4. The van der Waals surface area contributed by atoms with Crippen molar-refractivity contribution in [3.63, 3.8) is 0 Å². The van der Waals surface area contributed by atoms with Gasteiger partial charge < -0.3 is 14.2 Å². The van der Waals surface area contributed by atoms with Crippen LogP contribution in [0.2, 0.25) is 0 Å². The monoisotopic (exact) mass is 268 g/mol. The minimum Gasteiger partial charge on any atom is -0.468 e. The fourth-order valence-corrected chi connectivity index (χ4v) is 1.12. The Morgan fingerprint density at radius 2 is 1.93 bits per heavy atom. The van der Waals surface area contributed by atoms with Gasteiger partial charge in [0.05, 0.1) is 26.9 Å². The molecule has 0 fully saturated rings. The molecule has 0 radical (unpaired) electrons. The third-order valence-electron chi connectivity index (χ3n) is 1.44. The predicted octanol–water partition coefficient (Wildman–Crippen LogP) is 1.37. The summed E-state index contributed by atoms with van der Waals surface area (Å²) < 4.78 is 14.9. The number of methoxy groups -OCH3 is 1. The molecule has 1 unspecified atom stereocenters. The molecule has 0 aromatic carbocycles. The first-order valence-electron chi connectivity index (χ1n) is 4.59. The van der Waals surface area contributed by atoms with E-state index in [1.54, 1.807) is 0 Å². The van der Waals surface area contributed by atoms with E-state index in [0.717, 1.165) is 13.0 Å². The molecule has 0 aliphatic heterocycles. The van der Waals surface area contributed by atoms with Crippen LogP contribution in [0.5, 0.6) is 0 Å². The lowest BCUT2D eigenvalue weighted by molar-refractivity contribution is -0.141. The molecule has 1 atom stereocenters. The molecule has 0 saturated heterocycles. The fourth-order valence-electron chi connectivity index (χ4n) is 0.747. The van der Waals surface area contributed by atoms with Crippen molar-refractivity contribution >= 4 is 21.9 Å². The van der Waals surface area contributed by atoms with Gasteiger partial charge >= 0.3 is 5.97 Å². The van der Waals surface area contributed by atoms with Crippen molar-refractivity contribution in [1.82, 2.24) is 0 Å². The average Bonchev–Trinajstić information content (AvgIpc) is 2.21. The third-order valence-corrected chi connectivity index (χ3v) is 2.08. The highest BCUT2D eigenvalue weighted by molar-refractivity contribution is 9.10. The molecule has 5 heteroatoms. The Hall–Kier alpha value is -0.130. The molecule has 0 spiro atoms. The van der Waals surface area contributed by atoms with Crippen LogP contribution in [0.1, 0.15) is 13.3 Å². The number of hydrogen-bond donors (Lipinski definition) is 0. The summed E-state index contributed by atoms with van der Waals surface area (Å²) in [5.74, 6) is -0.320. The Balaban J connectivity index is 3.23. The molecule has 0 bridgehead atoms. The van der Waals surface area contributed by atoms with Crippen molar-refractivity contribution in [3.05, 3.63) is 0 Å². The van der Waals surface area contributed by atoms with Gasteiger partial charge in [-0.3, -0.25) is 4.79 Å². The van der Waals surface area contributed by atoms with Gasteiger partial charge in [-0.1, -0.05) is 22.9 Å². The SMILES string of the molecule is CCCOCCOCC(Br)C(=O)OC. The molecule has 0 rings (SSSR count). The first kappa shape index (κ1) is 13.9. The highest BCUT2D eigenvalue weighted by atomic mass is 79.9. The number of rotatable bonds is 8. The van der Waals surface area contributed by atoms with E-state index in [1.807, 2.05) is 6.92 Å². The molecule has 4 nitrogen and oxygen atoms in total. The summed E-state index contributed by atoms with van der Waals surface area (Å²) >= 11 is 3.15. The molecule has 0 aliphatic rings. The number of alkyl halides is 1. The van der Waals surface area contributed by atoms with E-state index >= 15 is 0 Å². The number of carbonyl (C=O) groups is 1. The van der Waals surface area contributed by atoms with E-state index in [4.69, 9.17) is 9.47 Å². The fraction of sp³-hybridized carbons (Fsp3) is 0.889. The highest BCUT2D eigenvalue weighted by Gasteiger charge is 2.14. The lowest BCUT2D eigenvalue weighted by atomic mass is 10.5. The van der Waals surface area contributed by atoms with Crippen molar-refractivity contribution < 1.29 is 19.0 Å². The zero-order chi connectivity index (χ0) is 10.8. The second kappa shape index (κ2) is 9.43. The van der Waals surface area contributed by atoms with Crippen molar-refractivity contribution in [2.75, 3.05) is 33.5 Å². The van der Waals surface area contributed by atoms with Crippen molar-refractivity contribution in [2.24, 2.45) is 0 Å². The summed E-state index contributed by atoms with van der Waals surface area (Å²) in [5, 5.41) is 0. The third kappa shape index (κ3) is 7.29. The maximum Gasteiger partial charge on any atom is 0.321 e. The molecule has 0 aliphatic carbocycles. The smallest absolute Gasteiger partial charge is 0.321 e. The largest absolute Gasteiger partial charge is 0.468 e. The van der Waals surface area contributed by atoms with Crippen LogP contribution in [-0.2, 0) is 19.0 Å². The van der Waals surface area contributed by atoms with E-state index in [2.05, 4.69) is 20.7 Å². The minimum atomic E-state index is -0.390. The van der Waals surface area contributed by atoms with Gasteiger partial charge in [0.2, 0.25) is 0 Å². The number of hydrogen-bond acceptors (Lipinski definition) is 4. The molecule has 84 valence electrons. The van der Waals surface area contributed by atoms with Crippen LogP contribution < -0.4 is 0 Å². The van der Waals surface area contributed by atoms with Crippen LogP contribution in [0, 0.1) is 0 Å². The van der Waals surface area contributed by atoms with Crippen molar-refractivity contribution in [1.29, 1.82) is 0 Å². The molecule has 0 saturated carbocycles. The number of halogens is 1. The molecule has 0 N–H and O–H groups in total. The first-order chi connectivity index (χ1) is 6.72. The van der Waals surface area contributed by atoms with Crippen LogP contribution in [0.3, 0.4) is 0 Å². The zero-order valence-corrected chi connectivity index (χ0v) is 10.2. The number of ether oxygens (including phenoxy) is 3. The van der Waals surface area contributed by atoms with E-state index in [1.165, 1.54) is 7.11 Å². The van der Waals surface area contributed by atoms with Crippen LogP contribution in [0.25, 0.3) is 0 Å². The average molecular weight is 269 g/mol. The van der Waals surface area contributed by atoms with Crippen LogP contribution in [0.4, 0.5) is 0 Å². The van der Waals surface area contributed by atoms with Gasteiger partial charge in [-0.05, 0) is 6.42 Å². The Morgan fingerprint density at radius 1 is 1.29 bits per heavy atom. The summed E-state index contributed by atoms with van der Waals surface area (Å²) in [6, 6.07) is 0. The molecule has 14 heavy (non-hydrogen) atoms. The molecule has 0 heterocycles. The van der Waals surface area contributed by atoms with Crippen LogP contribution in [-0.4, -0.2) is 44.3 Å². The van der Waals surface area contributed by atoms with Gasteiger partial charge in [0.25, 0.3) is 0 Å². The Labute approximate surface area is 93.0 Å². The maximum atomic E-state index is 10.9. The summed E-state index contributed by atoms with van der Waals surface area (Å²) in [7, 11) is 1.35. The van der Waals surface area contributed by atoms with Crippen LogP contribution in [0.15, 0.2) is 0 Å².